The number of pyridine rings is 2. The summed E-state index contributed by atoms with van der Waals surface area (Å²) in [5.41, 5.74) is 12.9. The van der Waals surface area contributed by atoms with Crippen LogP contribution in [0.4, 0.5) is 17.5 Å². The Kier molecular flexibility index (Phi) is 5.62. The van der Waals surface area contributed by atoms with Gasteiger partial charge in [0.05, 0.1) is 17.8 Å². The number of benzene rings is 1. The van der Waals surface area contributed by atoms with Crippen LogP contribution in [0, 0.1) is 13.8 Å². The number of aliphatic hydroxyl groups excluding tert-OH is 1. The van der Waals surface area contributed by atoms with Gasteiger partial charge in [0.2, 0.25) is 0 Å². The summed E-state index contributed by atoms with van der Waals surface area (Å²) in [4.78, 5) is 20.4. The van der Waals surface area contributed by atoms with E-state index in [2.05, 4.69) is 74.0 Å². The van der Waals surface area contributed by atoms with Crippen molar-refractivity contribution in [2.75, 3.05) is 22.5 Å². The molecule has 2 atom stereocenters. The topological polar surface area (TPSA) is 117 Å². The summed E-state index contributed by atoms with van der Waals surface area (Å²) >= 11 is 0. The maximum atomic E-state index is 10.6. The maximum absolute atomic E-state index is 10.6. The average molecular weight is 521 g/mol. The number of nitrogens with one attached hydrogen (secondary N) is 1. The van der Waals surface area contributed by atoms with Gasteiger partial charge in [-0.2, -0.15) is 0 Å². The van der Waals surface area contributed by atoms with Gasteiger partial charge in [-0.3, -0.25) is 0 Å². The fourth-order valence-electron chi connectivity index (χ4n) is 5.98. The van der Waals surface area contributed by atoms with Crippen molar-refractivity contribution in [2.24, 2.45) is 0 Å². The van der Waals surface area contributed by atoms with Gasteiger partial charge in [0.1, 0.15) is 29.4 Å². The second-order valence-corrected chi connectivity index (χ2v) is 10.9. The van der Waals surface area contributed by atoms with Crippen molar-refractivity contribution in [3.05, 3.63) is 83.2 Å². The summed E-state index contributed by atoms with van der Waals surface area (Å²) in [5.74, 6) is 2.75. The molecule has 5 aromatic rings. The predicted molar refractivity (Wildman–Crippen MR) is 153 cm³/mol. The number of hydrogen-bond acceptors (Lipinski definition) is 8. The third-order valence-electron chi connectivity index (χ3n) is 8.27. The highest BCUT2D eigenvalue weighted by Gasteiger charge is 2.35. The zero-order valence-corrected chi connectivity index (χ0v) is 22.2. The fourth-order valence-corrected chi connectivity index (χ4v) is 5.98. The van der Waals surface area contributed by atoms with Gasteiger partial charge in [-0.1, -0.05) is 6.07 Å². The molecule has 9 nitrogen and oxygen atoms in total. The highest BCUT2D eigenvalue weighted by molar-refractivity contribution is 5.94. The molecule has 9 heteroatoms. The molecule has 4 N–H and O–H groups in total. The predicted octanol–water partition coefficient (Wildman–Crippen LogP) is 4.67. The Labute approximate surface area is 226 Å². The number of aliphatic hydroxyl groups is 1. The number of aromatic nitrogens is 5. The average Bonchev–Trinajstić information content (AvgIpc) is 3.58. The standard InChI is InChI=1S/C30H32N8O/c1-17-9-23-22(7-8-32-30(23)31)18(2)24(17)12-33-27-11-29(35-16-34-27)38-14-21(39)10-26(38)25-15-37-13-20(19-3-4-19)5-6-28(37)36-25/h5-9,11,13,15-16,19,21,26,39H,3-4,10,12,14H2,1-2H3,(H2,31,32)(H,33,34,35)/t21-,26+/m0/s1. The lowest BCUT2D eigenvalue weighted by atomic mass is 9.96. The molecule has 1 saturated carbocycles. The van der Waals surface area contributed by atoms with E-state index in [0.29, 0.717) is 31.2 Å². The highest BCUT2D eigenvalue weighted by Crippen LogP contribution is 2.40. The molecule has 0 amide bonds. The number of anilines is 3. The lowest BCUT2D eigenvalue weighted by Gasteiger charge is -2.24. The van der Waals surface area contributed by atoms with Crippen molar-refractivity contribution in [1.29, 1.82) is 0 Å². The number of nitrogens with two attached hydrogens (primary N) is 1. The zero-order valence-electron chi connectivity index (χ0n) is 22.2. The molecule has 0 spiro atoms. The maximum Gasteiger partial charge on any atom is 0.137 e. The molecular formula is C30H32N8O. The van der Waals surface area contributed by atoms with Crippen LogP contribution >= 0.6 is 0 Å². The van der Waals surface area contributed by atoms with E-state index in [1.807, 2.05) is 12.1 Å². The van der Waals surface area contributed by atoms with Crippen LogP contribution in [0.3, 0.4) is 0 Å². The number of imidazole rings is 1. The number of aryl methyl sites for hydroxylation is 2. The molecule has 1 aliphatic heterocycles. The first-order valence-corrected chi connectivity index (χ1v) is 13.6. The van der Waals surface area contributed by atoms with Crippen LogP contribution in [0.25, 0.3) is 16.4 Å². The summed E-state index contributed by atoms with van der Waals surface area (Å²) in [6.45, 7) is 5.34. The zero-order chi connectivity index (χ0) is 26.7. The number of β-amino-alcohol motifs (C(OH)–C–C–N with tert-alkyl or cyclic N) is 1. The van der Waals surface area contributed by atoms with Gasteiger partial charge in [0.25, 0.3) is 0 Å². The number of nitrogens with zero attached hydrogens (tertiary/aromatic N) is 6. The van der Waals surface area contributed by atoms with Crippen LogP contribution in [0.5, 0.6) is 0 Å². The van der Waals surface area contributed by atoms with Crippen LogP contribution in [-0.2, 0) is 6.54 Å². The number of hydrogen-bond donors (Lipinski definition) is 3. The third kappa shape index (κ3) is 4.32. The molecule has 1 saturated heterocycles. The van der Waals surface area contributed by atoms with E-state index in [1.165, 1.54) is 29.5 Å². The molecule has 1 aliphatic carbocycles. The van der Waals surface area contributed by atoms with Crippen molar-refractivity contribution in [1.82, 2.24) is 24.3 Å². The van der Waals surface area contributed by atoms with E-state index in [4.69, 9.17) is 10.7 Å². The van der Waals surface area contributed by atoms with Gasteiger partial charge in [0, 0.05) is 49.6 Å². The molecule has 2 fully saturated rings. The minimum Gasteiger partial charge on any atom is -0.391 e. The van der Waals surface area contributed by atoms with Crippen LogP contribution < -0.4 is 16.0 Å². The minimum absolute atomic E-state index is 0.0592. The number of nitrogen functional groups attached to an aromatic ring is 1. The van der Waals surface area contributed by atoms with Gasteiger partial charge in [-0.25, -0.2) is 19.9 Å². The van der Waals surface area contributed by atoms with E-state index in [9.17, 15) is 5.11 Å². The summed E-state index contributed by atoms with van der Waals surface area (Å²) < 4.78 is 2.12. The first kappa shape index (κ1) is 23.8. The summed E-state index contributed by atoms with van der Waals surface area (Å²) in [6, 6.07) is 10.3. The lowest BCUT2D eigenvalue weighted by molar-refractivity contribution is 0.194. The van der Waals surface area contributed by atoms with Crippen LogP contribution in [0.15, 0.2) is 55.2 Å². The molecule has 2 aliphatic rings. The van der Waals surface area contributed by atoms with E-state index in [-0.39, 0.29) is 6.04 Å². The molecule has 7 rings (SSSR count). The third-order valence-corrected chi connectivity index (χ3v) is 8.27. The molecule has 1 aromatic carbocycles. The smallest absolute Gasteiger partial charge is 0.137 e. The Morgan fingerprint density at radius 2 is 1.92 bits per heavy atom. The summed E-state index contributed by atoms with van der Waals surface area (Å²) in [6.07, 6.45) is 10.3. The summed E-state index contributed by atoms with van der Waals surface area (Å²) in [5, 5.41) is 16.2. The quantitative estimate of drug-likeness (QED) is 0.296. The Bertz CT molecular complexity index is 1710. The van der Waals surface area contributed by atoms with Crippen LogP contribution in [0.2, 0.25) is 0 Å². The molecule has 198 valence electrons. The van der Waals surface area contributed by atoms with Gasteiger partial charge in [0.15, 0.2) is 0 Å². The minimum atomic E-state index is -0.446. The Morgan fingerprint density at radius 1 is 1.05 bits per heavy atom. The van der Waals surface area contributed by atoms with Crippen molar-refractivity contribution in [3.8, 4) is 0 Å². The first-order chi connectivity index (χ1) is 18.9. The molecule has 5 heterocycles. The molecule has 39 heavy (non-hydrogen) atoms. The van der Waals surface area contributed by atoms with Crippen molar-refractivity contribution in [2.45, 2.75) is 57.7 Å². The molecule has 0 radical (unpaired) electrons. The SMILES string of the molecule is Cc1cc2c(N)nccc2c(C)c1CNc1cc(N2C[C@@H](O)C[C@@H]2c2cn3cc(C4CC4)ccc3n2)ncn1. The Hall–Kier alpha value is -4.24. The largest absolute Gasteiger partial charge is 0.391 e. The van der Waals surface area contributed by atoms with Crippen molar-refractivity contribution in [3.63, 3.8) is 0 Å². The fraction of sp³-hybridized carbons (Fsp3) is 0.333. The monoisotopic (exact) mass is 520 g/mol. The van der Waals surface area contributed by atoms with Crippen LogP contribution in [0.1, 0.15) is 59.2 Å². The van der Waals surface area contributed by atoms with Gasteiger partial charge in [-0.05, 0) is 78.4 Å². The first-order valence-electron chi connectivity index (χ1n) is 13.6. The molecule has 0 unspecified atom stereocenters. The Balaban J connectivity index is 1.14. The van der Waals surface area contributed by atoms with E-state index < -0.39 is 6.10 Å². The van der Waals surface area contributed by atoms with E-state index in [0.717, 1.165) is 39.3 Å². The second-order valence-electron chi connectivity index (χ2n) is 10.9. The molecule has 0 bridgehead atoms. The Morgan fingerprint density at radius 3 is 2.77 bits per heavy atom. The van der Waals surface area contributed by atoms with Gasteiger partial charge >= 0.3 is 0 Å². The lowest BCUT2D eigenvalue weighted by Crippen LogP contribution is -2.25. The van der Waals surface area contributed by atoms with Crippen LogP contribution in [-0.4, -0.2) is 42.1 Å². The molecule has 4 aromatic heterocycles. The van der Waals surface area contributed by atoms with E-state index >= 15 is 0 Å². The highest BCUT2D eigenvalue weighted by atomic mass is 16.3. The molecular weight excluding hydrogens is 488 g/mol. The van der Waals surface area contributed by atoms with Gasteiger partial charge < -0.3 is 25.5 Å². The van der Waals surface area contributed by atoms with Crippen molar-refractivity contribution >= 4 is 33.9 Å². The summed E-state index contributed by atoms with van der Waals surface area (Å²) in [7, 11) is 0. The number of fused-ring (bicyclic) bond motifs is 2. The van der Waals surface area contributed by atoms with Crippen molar-refractivity contribution < 1.29 is 5.11 Å². The normalized spacial score (nSPS) is 19.3. The van der Waals surface area contributed by atoms with E-state index in [1.54, 1.807) is 12.5 Å². The number of rotatable bonds is 6. The second kappa shape index (κ2) is 9.20. The van der Waals surface area contributed by atoms with Gasteiger partial charge in [-0.15, -0.1) is 0 Å².